The fourth-order valence-corrected chi connectivity index (χ4v) is 2.73. The quantitative estimate of drug-likeness (QED) is 0.354. The Bertz CT molecular complexity index is 985. The van der Waals surface area contributed by atoms with E-state index in [1.807, 2.05) is 12.1 Å². The largest absolute Gasteiger partial charge is 0.207 e. The van der Waals surface area contributed by atoms with Crippen LogP contribution >= 0.6 is 11.6 Å². The fourth-order valence-electron chi connectivity index (χ4n) is 2.60. The molecule has 0 aliphatic rings. The Kier molecular flexibility index (Phi) is 5.86. The van der Waals surface area contributed by atoms with E-state index in [0.717, 1.165) is 22.3 Å². The fraction of sp³-hybridized carbons (Fsp3) is 0. The van der Waals surface area contributed by atoms with Crippen LogP contribution in [0.15, 0.2) is 91.0 Å². The van der Waals surface area contributed by atoms with Gasteiger partial charge in [-0.05, 0) is 59.7 Å². The van der Waals surface area contributed by atoms with Crippen LogP contribution in [0, 0.1) is 23.5 Å². The molecule has 0 amide bonds. The number of hydrogen-bond acceptors (Lipinski definition) is 0. The van der Waals surface area contributed by atoms with E-state index < -0.39 is 0 Å². The predicted molar refractivity (Wildman–Crippen MR) is 107 cm³/mol. The molecule has 3 heteroatoms. The van der Waals surface area contributed by atoms with Crippen LogP contribution in [-0.2, 0) is 0 Å². The molecule has 132 valence electrons. The van der Waals surface area contributed by atoms with Gasteiger partial charge in [-0.2, -0.15) is 0 Å². The molecule has 0 nitrogen and oxygen atoms in total. The molecule has 0 aliphatic heterocycles. The maximum atomic E-state index is 13.4. The van der Waals surface area contributed by atoms with Crippen LogP contribution < -0.4 is 0 Å². The Morgan fingerprint density at radius 1 is 0.778 bits per heavy atom. The van der Waals surface area contributed by atoms with Crippen molar-refractivity contribution in [2.45, 2.75) is 0 Å². The van der Waals surface area contributed by atoms with Crippen LogP contribution in [0.3, 0.4) is 0 Å². The highest BCUT2D eigenvalue weighted by atomic mass is 35.5. The SMILES string of the molecule is C=CC(C#Cc1ccc(Cl)cc1)=C(c1ccc(F)cc1)c1ccc(F)cc1. The topological polar surface area (TPSA) is 0 Å². The summed E-state index contributed by atoms with van der Waals surface area (Å²) in [6.45, 7) is 3.86. The molecule has 3 rings (SSSR count). The maximum Gasteiger partial charge on any atom is 0.123 e. The highest BCUT2D eigenvalue weighted by molar-refractivity contribution is 6.30. The van der Waals surface area contributed by atoms with E-state index in [1.165, 1.54) is 24.3 Å². The lowest BCUT2D eigenvalue weighted by Gasteiger charge is -2.11. The van der Waals surface area contributed by atoms with Gasteiger partial charge >= 0.3 is 0 Å². The highest BCUT2D eigenvalue weighted by Gasteiger charge is 2.10. The van der Waals surface area contributed by atoms with Crippen LogP contribution in [-0.4, -0.2) is 0 Å². The lowest BCUT2D eigenvalue weighted by molar-refractivity contribution is 0.627. The minimum absolute atomic E-state index is 0.329. The molecule has 0 radical (unpaired) electrons. The third kappa shape index (κ3) is 4.73. The summed E-state index contributed by atoms with van der Waals surface area (Å²) in [6, 6.07) is 19.4. The van der Waals surface area contributed by atoms with Gasteiger partial charge in [0, 0.05) is 21.7 Å². The molecular formula is C24H15ClF2. The molecule has 0 heterocycles. The Labute approximate surface area is 162 Å². The normalized spacial score (nSPS) is 9.89. The molecule has 0 spiro atoms. The Morgan fingerprint density at radius 3 is 1.70 bits per heavy atom. The molecule has 0 aromatic heterocycles. The zero-order valence-corrected chi connectivity index (χ0v) is 15.1. The Hall–Kier alpha value is -3.15. The van der Waals surface area contributed by atoms with E-state index in [0.29, 0.717) is 10.6 Å². The molecule has 0 unspecified atom stereocenters. The minimum atomic E-state index is -0.329. The molecule has 27 heavy (non-hydrogen) atoms. The highest BCUT2D eigenvalue weighted by Crippen LogP contribution is 2.28. The van der Waals surface area contributed by atoms with Crippen LogP contribution in [0.4, 0.5) is 8.78 Å². The second-order valence-corrected chi connectivity index (χ2v) is 6.20. The van der Waals surface area contributed by atoms with Gasteiger partial charge in [0.05, 0.1) is 0 Å². The number of allylic oxidation sites excluding steroid dienone is 2. The summed E-state index contributed by atoms with van der Waals surface area (Å²) < 4.78 is 26.7. The lowest BCUT2D eigenvalue weighted by Crippen LogP contribution is -1.93. The van der Waals surface area contributed by atoms with Gasteiger partial charge in [-0.1, -0.05) is 60.4 Å². The van der Waals surface area contributed by atoms with Crippen molar-refractivity contribution >= 4 is 17.2 Å². The van der Waals surface area contributed by atoms with E-state index in [-0.39, 0.29) is 11.6 Å². The standard InChI is InChI=1S/C24H15ClF2/c1-2-18(6-3-17-4-11-21(25)12-5-17)24(19-7-13-22(26)14-8-19)20-9-15-23(27)16-10-20/h2,4-5,7-16H,1H2. The third-order valence-corrected chi connectivity index (χ3v) is 4.18. The second-order valence-electron chi connectivity index (χ2n) is 5.76. The van der Waals surface area contributed by atoms with Crippen molar-refractivity contribution in [3.05, 3.63) is 124 Å². The van der Waals surface area contributed by atoms with Crippen molar-refractivity contribution in [2.75, 3.05) is 0 Å². The molecule has 0 aliphatic carbocycles. The van der Waals surface area contributed by atoms with Gasteiger partial charge in [0.25, 0.3) is 0 Å². The first-order valence-corrected chi connectivity index (χ1v) is 8.61. The zero-order valence-electron chi connectivity index (χ0n) is 14.3. The second kappa shape index (κ2) is 8.49. The molecule has 0 saturated carbocycles. The zero-order chi connectivity index (χ0) is 19.2. The van der Waals surface area contributed by atoms with Gasteiger partial charge in [0.1, 0.15) is 11.6 Å². The molecule has 3 aromatic rings. The van der Waals surface area contributed by atoms with Crippen molar-refractivity contribution in [2.24, 2.45) is 0 Å². The first-order valence-electron chi connectivity index (χ1n) is 8.23. The van der Waals surface area contributed by atoms with Gasteiger partial charge in [-0.25, -0.2) is 8.78 Å². The Balaban J connectivity index is 2.16. The average molecular weight is 377 g/mol. The molecule has 0 fully saturated rings. The number of rotatable bonds is 3. The van der Waals surface area contributed by atoms with Crippen molar-refractivity contribution in [1.29, 1.82) is 0 Å². The van der Waals surface area contributed by atoms with E-state index in [9.17, 15) is 8.78 Å². The summed E-state index contributed by atoms with van der Waals surface area (Å²) in [5, 5.41) is 0.637. The number of halogens is 3. The molecule has 0 saturated heterocycles. The smallest absolute Gasteiger partial charge is 0.123 e. The first kappa shape index (κ1) is 18.6. The van der Waals surface area contributed by atoms with Crippen LogP contribution in [0.5, 0.6) is 0 Å². The molecule has 3 aromatic carbocycles. The van der Waals surface area contributed by atoms with Crippen molar-refractivity contribution in [1.82, 2.24) is 0 Å². The van der Waals surface area contributed by atoms with Gasteiger partial charge in [-0.15, -0.1) is 0 Å². The maximum absolute atomic E-state index is 13.4. The third-order valence-electron chi connectivity index (χ3n) is 3.92. The van der Waals surface area contributed by atoms with Crippen LogP contribution in [0.2, 0.25) is 5.02 Å². The summed E-state index contributed by atoms with van der Waals surface area (Å²) in [4.78, 5) is 0. The minimum Gasteiger partial charge on any atom is -0.207 e. The molecule has 0 atom stereocenters. The van der Waals surface area contributed by atoms with Crippen molar-refractivity contribution in [3.8, 4) is 11.8 Å². The van der Waals surface area contributed by atoms with Gasteiger partial charge in [0.2, 0.25) is 0 Å². The summed E-state index contributed by atoms with van der Waals surface area (Å²) in [6.07, 6.45) is 1.64. The monoisotopic (exact) mass is 376 g/mol. The average Bonchev–Trinajstić information content (AvgIpc) is 2.68. The number of hydrogen-bond donors (Lipinski definition) is 0. The molecule has 0 bridgehead atoms. The first-order chi connectivity index (χ1) is 13.1. The van der Waals surface area contributed by atoms with Crippen molar-refractivity contribution < 1.29 is 8.78 Å². The molecule has 0 N–H and O–H groups in total. The summed E-state index contributed by atoms with van der Waals surface area (Å²) in [5.74, 6) is 5.53. The van der Waals surface area contributed by atoms with E-state index in [4.69, 9.17) is 11.6 Å². The van der Waals surface area contributed by atoms with Crippen LogP contribution in [0.25, 0.3) is 5.57 Å². The van der Waals surface area contributed by atoms with E-state index in [1.54, 1.807) is 42.5 Å². The van der Waals surface area contributed by atoms with Gasteiger partial charge < -0.3 is 0 Å². The number of benzene rings is 3. The van der Waals surface area contributed by atoms with Gasteiger partial charge in [0.15, 0.2) is 0 Å². The van der Waals surface area contributed by atoms with Gasteiger partial charge in [-0.3, -0.25) is 0 Å². The lowest BCUT2D eigenvalue weighted by atomic mass is 9.93. The van der Waals surface area contributed by atoms with Crippen LogP contribution in [0.1, 0.15) is 16.7 Å². The summed E-state index contributed by atoms with van der Waals surface area (Å²) in [5.41, 5.74) is 3.75. The predicted octanol–water partition coefficient (Wildman–Crippen LogP) is 6.66. The summed E-state index contributed by atoms with van der Waals surface area (Å²) >= 11 is 5.90. The Morgan fingerprint density at radius 2 is 1.26 bits per heavy atom. The van der Waals surface area contributed by atoms with E-state index in [2.05, 4.69) is 18.4 Å². The van der Waals surface area contributed by atoms with E-state index >= 15 is 0 Å². The summed E-state index contributed by atoms with van der Waals surface area (Å²) in [7, 11) is 0. The van der Waals surface area contributed by atoms with Crippen molar-refractivity contribution in [3.63, 3.8) is 0 Å². The molecular weight excluding hydrogens is 362 g/mol.